The zero-order valence-corrected chi connectivity index (χ0v) is 10.6. The lowest BCUT2D eigenvalue weighted by Gasteiger charge is -2.22. The molecule has 0 spiro atoms. The minimum absolute atomic E-state index is 0.00315. The molecule has 0 aliphatic rings. The Morgan fingerprint density at radius 3 is 2.47 bits per heavy atom. The Morgan fingerprint density at radius 1 is 1.29 bits per heavy atom. The zero-order chi connectivity index (χ0) is 12.7. The number of hydrogen-bond donors (Lipinski definition) is 1. The van der Waals surface area contributed by atoms with E-state index in [-0.39, 0.29) is 18.0 Å². The van der Waals surface area contributed by atoms with Crippen LogP contribution in [0.5, 0.6) is 0 Å². The summed E-state index contributed by atoms with van der Waals surface area (Å²) in [7, 11) is 3.51. The van der Waals surface area contributed by atoms with Crippen LogP contribution in [0, 0.1) is 5.82 Å². The van der Waals surface area contributed by atoms with Gasteiger partial charge in [0.1, 0.15) is 5.82 Å². The molecule has 0 radical (unpaired) electrons. The van der Waals surface area contributed by atoms with Gasteiger partial charge in [0.2, 0.25) is 0 Å². The third kappa shape index (κ3) is 4.81. The molecule has 1 N–H and O–H groups in total. The number of methoxy groups -OCH3 is 1. The second-order valence-electron chi connectivity index (χ2n) is 4.00. The molecule has 0 heterocycles. The van der Waals surface area contributed by atoms with E-state index in [9.17, 15) is 4.39 Å². The van der Waals surface area contributed by atoms with E-state index in [1.807, 2.05) is 14.0 Å². The average molecular weight is 241 g/mol. The number of hydrogen-bond acceptors (Lipinski definition) is 3. The van der Waals surface area contributed by atoms with Crippen molar-refractivity contribution in [2.45, 2.75) is 19.1 Å². The van der Waals surface area contributed by atoms with Crippen molar-refractivity contribution in [3.05, 3.63) is 35.6 Å². The quantitative estimate of drug-likeness (QED) is 0.793. The van der Waals surface area contributed by atoms with E-state index in [1.54, 1.807) is 19.2 Å². The Labute approximate surface area is 102 Å². The Bertz CT molecular complexity index is 316. The van der Waals surface area contributed by atoms with Crippen LogP contribution in [0.15, 0.2) is 24.3 Å². The van der Waals surface area contributed by atoms with Gasteiger partial charge in [-0.3, -0.25) is 0 Å². The van der Waals surface area contributed by atoms with Gasteiger partial charge in [-0.1, -0.05) is 12.1 Å². The number of likely N-dealkylation sites (N-methyl/N-ethyl adjacent to an activating group) is 1. The molecule has 0 aliphatic carbocycles. The zero-order valence-electron chi connectivity index (χ0n) is 10.6. The maximum atomic E-state index is 12.8. The summed E-state index contributed by atoms with van der Waals surface area (Å²) >= 11 is 0. The number of ether oxygens (including phenoxy) is 2. The lowest BCUT2D eigenvalue weighted by Crippen LogP contribution is -2.25. The number of rotatable bonds is 7. The van der Waals surface area contributed by atoms with Gasteiger partial charge in [0.25, 0.3) is 0 Å². The van der Waals surface area contributed by atoms with Crippen LogP contribution in [0.4, 0.5) is 4.39 Å². The average Bonchev–Trinajstić information content (AvgIpc) is 2.30. The predicted molar refractivity (Wildman–Crippen MR) is 65.5 cm³/mol. The fourth-order valence-electron chi connectivity index (χ4n) is 1.66. The summed E-state index contributed by atoms with van der Waals surface area (Å²) in [5.74, 6) is -0.234. The van der Waals surface area contributed by atoms with Crippen molar-refractivity contribution in [1.29, 1.82) is 0 Å². The molecule has 0 saturated carbocycles. The van der Waals surface area contributed by atoms with Crippen molar-refractivity contribution < 1.29 is 13.9 Å². The molecule has 1 aromatic rings. The fraction of sp³-hybridized carbons (Fsp3) is 0.538. The van der Waals surface area contributed by atoms with Gasteiger partial charge in [-0.2, -0.15) is 0 Å². The molecule has 0 bridgehead atoms. The van der Waals surface area contributed by atoms with Crippen molar-refractivity contribution in [2.75, 3.05) is 27.3 Å². The minimum atomic E-state index is -0.234. The Hall–Kier alpha value is -0.970. The highest BCUT2D eigenvalue weighted by molar-refractivity contribution is 5.19. The van der Waals surface area contributed by atoms with Gasteiger partial charge in [-0.25, -0.2) is 4.39 Å². The lowest BCUT2D eigenvalue weighted by atomic mass is 10.1. The third-order valence-corrected chi connectivity index (χ3v) is 2.43. The molecule has 1 aromatic carbocycles. The maximum absolute atomic E-state index is 12.8. The van der Waals surface area contributed by atoms with Gasteiger partial charge < -0.3 is 14.8 Å². The van der Waals surface area contributed by atoms with Gasteiger partial charge in [-0.05, 0) is 31.7 Å². The van der Waals surface area contributed by atoms with Crippen molar-refractivity contribution in [3.8, 4) is 0 Å². The Morgan fingerprint density at radius 2 is 1.94 bits per heavy atom. The summed E-state index contributed by atoms with van der Waals surface area (Å²) in [6.45, 7) is 3.18. The van der Waals surface area contributed by atoms with Crippen LogP contribution in [0.1, 0.15) is 18.6 Å². The lowest BCUT2D eigenvalue weighted by molar-refractivity contribution is -0.0387. The van der Waals surface area contributed by atoms with E-state index >= 15 is 0 Å². The maximum Gasteiger partial charge on any atom is 0.123 e. The van der Waals surface area contributed by atoms with Gasteiger partial charge >= 0.3 is 0 Å². The number of benzene rings is 1. The molecule has 96 valence electrons. The van der Waals surface area contributed by atoms with Gasteiger partial charge in [0.15, 0.2) is 0 Å². The molecule has 2 atom stereocenters. The third-order valence-electron chi connectivity index (χ3n) is 2.43. The fourth-order valence-corrected chi connectivity index (χ4v) is 1.66. The van der Waals surface area contributed by atoms with E-state index < -0.39 is 0 Å². The number of halogens is 1. The van der Waals surface area contributed by atoms with Crippen molar-refractivity contribution in [2.24, 2.45) is 0 Å². The monoisotopic (exact) mass is 241 g/mol. The molecule has 0 saturated heterocycles. The molecular formula is C13H20FNO2. The molecule has 0 aliphatic heterocycles. The molecule has 0 amide bonds. The van der Waals surface area contributed by atoms with Crippen LogP contribution in [-0.2, 0) is 9.47 Å². The highest BCUT2D eigenvalue weighted by Gasteiger charge is 2.14. The van der Waals surface area contributed by atoms with E-state index in [0.29, 0.717) is 13.2 Å². The van der Waals surface area contributed by atoms with Crippen LogP contribution in [0.2, 0.25) is 0 Å². The van der Waals surface area contributed by atoms with Crippen LogP contribution < -0.4 is 5.32 Å². The molecular weight excluding hydrogens is 221 g/mol. The van der Waals surface area contributed by atoms with E-state index in [0.717, 1.165) is 5.56 Å². The molecule has 0 aromatic heterocycles. The molecule has 3 nitrogen and oxygen atoms in total. The van der Waals surface area contributed by atoms with E-state index in [4.69, 9.17) is 9.47 Å². The topological polar surface area (TPSA) is 30.5 Å². The first-order valence-corrected chi connectivity index (χ1v) is 5.71. The Balaban J connectivity index is 2.67. The van der Waals surface area contributed by atoms with Gasteiger partial charge in [0.05, 0.1) is 18.8 Å². The summed E-state index contributed by atoms with van der Waals surface area (Å²) in [5.41, 5.74) is 0.962. The second kappa shape index (κ2) is 7.37. The Kier molecular flexibility index (Phi) is 6.11. The summed E-state index contributed by atoms with van der Waals surface area (Å²) in [5, 5.41) is 3.07. The normalized spacial score (nSPS) is 14.6. The van der Waals surface area contributed by atoms with Crippen LogP contribution in [0.3, 0.4) is 0 Å². The molecule has 2 unspecified atom stereocenters. The standard InChI is InChI=1S/C13H20FNO2/c1-10(9-16-3)17-13(8-15-2)11-4-6-12(14)7-5-11/h4-7,10,13,15H,8-9H2,1-3H3. The SMILES string of the molecule is CNCC(OC(C)COC)c1ccc(F)cc1. The second-order valence-corrected chi connectivity index (χ2v) is 4.00. The summed E-state index contributed by atoms with van der Waals surface area (Å²) in [4.78, 5) is 0. The first kappa shape index (κ1) is 14.1. The van der Waals surface area contributed by atoms with Gasteiger partial charge in [-0.15, -0.1) is 0 Å². The highest BCUT2D eigenvalue weighted by atomic mass is 19.1. The van der Waals surface area contributed by atoms with Crippen LogP contribution in [-0.4, -0.2) is 33.4 Å². The number of nitrogens with one attached hydrogen (secondary N) is 1. The predicted octanol–water partition coefficient (Wildman–Crippen LogP) is 2.14. The first-order valence-electron chi connectivity index (χ1n) is 5.71. The summed E-state index contributed by atoms with van der Waals surface area (Å²) in [6.07, 6.45) is -0.0887. The van der Waals surface area contributed by atoms with Crippen LogP contribution in [0.25, 0.3) is 0 Å². The van der Waals surface area contributed by atoms with Crippen molar-refractivity contribution in [3.63, 3.8) is 0 Å². The molecule has 1 rings (SSSR count). The summed E-state index contributed by atoms with van der Waals surface area (Å²) in [6, 6.07) is 6.39. The molecule has 17 heavy (non-hydrogen) atoms. The molecule has 4 heteroatoms. The van der Waals surface area contributed by atoms with Crippen molar-refractivity contribution >= 4 is 0 Å². The van der Waals surface area contributed by atoms with E-state index in [2.05, 4.69) is 5.32 Å². The minimum Gasteiger partial charge on any atom is -0.382 e. The van der Waals surface area contributed by atoms with Crippen LogP contribution >= 0.6 is 0 Å². The van der Waals surface area contributed by atoms with Gasteiger partial charge in [0, 0.05) is 13.7 Å². The first-order chi connectivity index (χ1) is 8.17. The smallest absolute Gasteiger partial charge is 0.123 e. The van der Waals surface area contributed by atoms with Crippen molar-refractivity contribution in [1.82, 2.24) is 5.32 Å². The van der Waals surface area contributed by atoms with E-state index in [1.165, 1.54) is 12.1 Å². The largest absolute Gasteiger partial charge is 0.382 e. The summed E-state index contributed by atoms with van der Waals surface area (Å²) < 4.78 is 23.7. The molecule has 0 fully saturated rings. The highest BCUT2D eigenvalue weighted by Crippen LogP contribution is 2.19.